The topological polar surface area (TPSA) is 44.8 Å². The van der Waals surface area contributed by atoms with Crippen molar-refractivity contribution < 1.29 is 19.0 Å². The van der Waals surface area contributed by atoms with Gasteiger partial charge in [-0.2, -0.15) is 0 Å². The Hall–Kier alpha value is -1.39. The minimum Gasteiger partial charge on any atom is -0.426 e. The first-order valence-electron chi connectivity index (χ1n) is 10.0. The van der Waals surface area contributed by atoms with E-state index in [1.807, 2.05) is 38.1 Å². The number of carbonyl (C=O) groups is 1. The molecule has 144 valence electrons. The summed E-state index contributed by atoms with van der Waals surface area (Å²) in [6.45, 7) is 6.84. The molecule has 4 nitrogen and oxygen atoms in total. The molecule has 0 amide bonds. The van der Waals surface area contributed by atoms with Crippen LogP contribution in [0, 0.1) is 24.2 Å². The highest BCUT2D eigenvalue weighted by molar-refractivity contribution is 5.79. The van der Waals surface area contributed by atoms with Crippen LogP contribution in [0.4, 0.5) is 0 Å². The maximum absolute atomic E-state index is 12.6. The summed E-state index contributed by atoms with van der Waals surface area (Å²) in [7, 11) is 0. The molecule has 2 aliphatic rings. The zero-order chi connectivity index (χ0) is 18.6. The fraction of sp³-hybridized carbons (Fsp3) is 0.682. The summed E-state index contributed by atoms with van der Waals surface area (Å²) >= 11 is 0. The predicted molar refractivity (Wildman–Crippen MR) is 101 cm³/mol. The largest absolute Gasteiger partial charge is 0.426 e. The normalized spacial score (nSPS) is 32.2. The predicted octanol–water partition coefficient (Wildman–Crippen LogP) is 4.89. The van der Waals surface area contributed by atoms with Crippen LogP contribution in [-0.2, 0) is 14.3 Å². The van der Waals surface area contributed by atoms with E-state index in [0.29, 0.717) is 24.9 Å². The van der Waals surface area contributed by atoms with Gasteiger partial charge in [0.2, 0.25) is 0 Å². The molecule has 0 unspecified atom stereocenters. The summed E-state index contributed by atoms with van der Waals surface area (Å²) in [5.74, 6) is 1.61. The molecule has 0 atom stereocenters. The molecule has 1 aliphatic carbocycles. The Morgan fingerprint density at radius 3 is 2.31 bits per heavy atom. The van der Waals surface area contributed by atoms with E-state index in [2.05, 4.69) is 6.92 Å². The van der Waals surface area contributed by atoms with Gasteiger partial charge in [0.05, 0.1) is 13.2 Å². The Kier molecular flexibility index (Phi) is 6.36. The highest BCUT2D eigenvalue weighted by Gasteiger charge is 2.43. The quantitative estimate of drug-likeness (QED) is 0.554. The van der Waals surface area contributed by atoms with Gasteiger partial charge in [-0.05, 0) is 57.6 Å². The first-order chi connectivity index (χ1) is 12.5. The maximum atomic E-state index is 12.6. The van der Waals surface area contributed by atoms with E-state index in [1.165, 1.54) is 38.5 Å². The third-order valence-electron chi connectivity index (χ3n) is 5.83. The number of ether oxygens (including phenoxy) is 3. The van der Waals surface area contributed by atoms with Crippen molar-refractivity contribution in [1.29, 1.82) is 0 Å². The molecule has 2 fully saturated rings. The summed E-state index contributed by atoms with van der Waals surface area (Å²) in [6.07, 6.45) is 7.32. The van der Waals surface area contributed by atoms with Gasteiger partial charge in [0, 0.05) is 5.92 Å². The lowest BCUT2D eigenvalue weighted by molar-refractivity contribution is -0.250. The van der Waals surface area contributed by atoms with Crippen LogP contribution in [0.25, 0.3) is 0 Å². The van der Waals surface area contributed by atoms with Crippen LogP contribution < -0.4 is 4.74 Å². The van der Waals surface area contributed by atoms with Crippen molar-refractivity contribution >= 4 is 5.97 Å². The number of hydrogen-bond donors (Lipinski definition) is 0. The molecule has 1 heterocycles. The first-order valence-corrected chi connectivity index (χ1v) is 10.0. The van der Waals surface area contributed by atoms with Crippen molar-refractivity contribution in [3.63, 3.8) is 0 Å². The monoisotopic (exact) mass is 360 g/mol. The highest BCUT2D eigenvalue weighted by Crippen LogP contribution is 2.37. The minimum atomic E-state index is -0.749. The van der Waals surface area contributed by atoms with Gasteiger partial charge in [-0.15, -0.1) is 0 Å². The van der Waals surface area contributed by atoms with Crippen molar-refractivity contribution in [1.82, 2.24) is 0 Å². The maximum Gasteiger partial charge on any atom is 0.321 e. The second kappa shape index (κ2) is 8.53. The van der Waals surface area contributed by atoms with E-state index < -0.39 is 5.41 Å². The number of hydrogen-bond acceptors (Lipinski definition) is 4. The molecular formula is C22H32O4. The van der Waals surface area contributed by atoms with Gasteiger partial charge in [-0.25, -0.2) is 0 Å². The Morgan fingerprint density at radius 2 is 1.73 bits per heavy atom. The van der Waals surface area contributed by atoms with Gasteiger partial charge in [0.25, 0.3) is 0 Å². The third-order valence-corrected chi connectivity index (χ3v) is 5.83. The number of benzene rings is 1. The molecule has 1 saturated carbocycles. The van der Waals surface area contributed by atoms with Gasteiger partial charge in [-0.3, -0.25) is 4.79 Å². The first kappa shape index (κ1) is 19.4. The minimum absolute atomic E-state index is 0.169. The Labute approximate surface area is 157 Å². The Balaban J connectivity index is 1.49. The fourth-order valence-corrected chi connectivity index (χ4v) is 4.01. The zero-order valence-electron chi connectivity index (χ0n) is 16.3. The second-order valence-electron chi connectivity index (χ2n) is 8.32. The Bertz CT molecular complexity index is 579. The molecule has 4 heteroatoms. The highest BCUT2D eigenvalue weighted by atomic mass is 16.7. The summed E-state index contributed by atoms with van der Waals surface area (Å²) in [4.78, 5) is 12.6. The van der Waals surface area contributed by atoms with Crippen molar-refractivity contribution in [2.24, 2.45) is 17.3 Å². The van der Waals surface area contributed by atoms with Crippen LogP contribution in [0.1, 0.15) is 57.9 Å². The van der Waals surface area contributed by atoms with Crippen molar-refractivity contribution in [3.8, 4) is 5.75 Å². The average Bonchev–Trinajstić information content (AvgIpc) is 2.65. The van der Waals surface area contributed by atoms with Gasteiger partial charge in [-0.1, -0.05) is 37.5 Å². The standard InChI is InChI=1S/C22H32O4/c1-4-5-17-8-10-18(11-9-17)20-24-14-22(3,15-25-20)21(23)26-19-12-6-16(2)7-13-19/h6-7,12-13,17-18,20H,4-5,8-11,14-15H2,1-3H3/t17-,18-,20?,22?. The van der Waals surface area contributed by atoms with E-state index in [-0.39, 0.29) is 12.3 Å². The molecule has 3 rings (SSSR count). The van der Waals surface area contributed by atoms with E-state index >= 15 is 0 Å². The van der Waals surface area contributed by atoms with Crippen LogP contribution in [-0.4, -0.2) is 25.5 Å². The SMILES string of the molecule is CCC[C@H]1CC[C@H](C2OCC(C)(C(=O)Oc3ccc(C)cc3)CO2)CC1. The fourth-order valence-electron chi connectivity index (χ4n) is 4.01. The summed E-state index contributed by atoms with van der Waals surface area (Å²) < 4.78 is 17.5. The van der Waals surface area contributed by atoms with Crippen molar-refractivity contribution in [2.75, 3.05) is 13.2 Å². The van der Waals surface area contributed by atoms with Crippen LogP contribution in [0.5, 0.6) is 5.75 Å². The molecule has 0 radical (unpaired) electrons. The van der Waals surface area contributed by atoms with Gasteiger partial charge < -0.3 is 14.2 Å². The molecule has 0 aromatic heterocycles. The van der Waals surface area contributed by atoms with Crippen LogP contribution in [0.2, 0.25) is 0 Å². The van der Waals surface area contributed by atoms with Gasteiger partial charge >= 0.3 is 5.97 Å². The average molecular weight is 360 g/mol. The second-order valence-corrected chi connectivity index (χ2v) is 8.32. The lowest BCUT2D eigenvalue weighted by Gasteiger charge is -2.40. The van der Waals surface area contributed by atoms with Gasteiger partial charge in [0.15, 0.2) is 6.29 Å². The van der Waals surface area contributed by atoms with Crippen LogP contribution >= 0.6 is 0 Å². The number of esters is 1. The Morgan fingerprint density at radius 1 is 1.12 bits per heavy atom. The lowest BCUT2D eigenvalue weighted by Crippen LogP contribution is -2.49. The van der Waals surface area contributed by atoms with E-state index in [1.54, 1.807) is 0 Å². The van der Waals surface area contributed by atoms with Gasteiger partial charge in [0.1, 0.15) is 11.2 Å². The smallest absolute Gasteiger partial charge is 0.321 e. The van der Waals surface area contributed by atoms with Crippen molar-refractivity contribution in [2.45, 2.75) is 65.6 Å². The number of aryl methyl sites for hydroxylation is 1. The van der Waals surface area contributed by atoms with Crippen LogP contribution in [0.15, 0.2) is 24.3 Å². The summed E-state index contributed by atoms with van der Waals surface area (Å²) in [6, 6.07) is 7.50. The number of carbonyl (C=O) groups excluding carboxylic acids is 1. The molecule has 26 heavy (non-hydrogen) atoms. The molecule has 0 N–H and O–H groups in total. The van der Waals surface area contributed by atoms with E-state index in [4.69, 9.17) is 14.2 Å². The summed E-state index contributed by atoms with van der Waals surface area (Å²) in [5, 5.41) is 0. The molecule has 1 aliphatic heterocycles. The molecule has 1 aromatic rings. The summed E-state index contributed by atoms with van der Waals surface area (Å²) in [5.41, 5.74) is 0.387. The lowest BCUT2D eigenvalue weighted by atomic mass is 9.79. The third kappa shape index (κ3) is 4.66. The van der Waals surface area contributed by atoms with Crippen molar-refractivity contribution in [3.05, 3.63) is 29.8 Å². The number of rotatable bonds is 5. The van der Waals surface area contributed by atoms with Crippen LogP contribution in [0.3, 0.4) is 0 Å². The zero-order valence-corrected chi connectivity index (χ0v) is 16.3. The van der Waals surface area contributed by atoms with E-state index in [0.717, 1.165) is 11.5 Å². The van der Waals surface area contributed by atoms with E-state index in [9.17, 15) is 4.79 Å². The molecule has 0 bridgehead atoms. The molecular weight excluding hydrogens is 328 g/mol. The molecule has 1 aromatic carbocycles. The molecule has 1 saturated heterocycles. The molecule has 0 spiro atoms.